The van der Waals surface area contributed by atoms with Crippen molar-refractivity contribution in [2.45, 2.75) is 38.2 Å². The molecule has 2 aliphatic heterocycles. The number of ether oxygens (including phenoxy) is 1. The number of hydrogen-bond donors (Lipinski definition) is 0. The number of para-hydroxylation sites is 1. The van der Waals surface area contributed by atoms with Crippen LogP contribution in [0.15, 0.2) is 40.9 Å². The van der Waals surface area contributed by atoms with E-state index in [1.807, 2.05) is 37.3 Å². The predicted molar refractivity (Wildman–Crippen MR) is 103 cm³/mol. The van der Waals surface area contributed by atoms with Crippen molar-refractivity contribution in [3.63, 3.8) is 0 Å². The van der Waals surface area contributed by atoms with Gasteiger partial charge in [0.2, 0.25) is 5.91 Å². The minimum absolute atomic E-state index is 0.0517. The summed E-state index contributed by atoms with van der Waals surface area (Å²) in [5.41, 5.74) is 0.647. The van der Waals surface area contributed by atoms with Crippen molar-refractivity contribution in [3.05, 3.63) is 47.9 Å². The van der Waals surface area contributed by atoms with E-state index < -0.39 is 5.60 Å². The summed E-state index contributed by atoms with van der Waals surface area (Å²) in [5.74, 6) is 0.424. The number of hydrogen-bond acceptors (Lipinski definition) is 5. The highest BCUT2D eigenvalue weighted by Gasteiger charge is 2.48. The molecule has 7 nitrogen and oxygen atoms in total. The first-order valence-corrected chi connectivity index (χ1v) is 9.78. The summed E-state index contributed by atoms with van der Waals surface area (Å²) in [6.07, 6.45) is 2.57. The quantitative estimate of drug-likeness (QED) is 0.813. The summed E-state index contributed by atoms with van der Waals surface area (Å²) in [6.45, 7) is 3.60. The molecule has 2 fully saturated rings. The van der Waals surface area contributed by atoms with E-state index in [1.165, 1.54) is 0 Å². The lowest BCUT2D eigenvalue weighted by Crippen LogP contribution is -2.61. The van der Waals surface area contributed by atoms with Gasteiger partial charge in [0, 0.05) is 24.8 Å². The highest BCUT2D eigenvalue weighted by molar-refractivity contribution is 6.00. The highest BCUT2D eigenvalue weighted by Crippen LogP contribution is 2.32. The molecule has 2 aromatic rings. The van der Waals surface area contributed by atoms with Crippen LogP contribution in [0.25, 0.3) is 0 Å². The number of aryl methyl sites for hydroxylation is 1. The van der Waals surface area contributed by atoms with Crippen molar-refractivity contribution >= 4 is 17.5 Å². The molecule has 4 rings (SSSR count). The molecule has 1 aromatic carbocycles. The summed E-state index contributed by atoms with van der Waals surface area (Å²) in [6, 6.07) is 11.4. The van der Waals surface area contributed by atoms with Crippen molar-refractivity contribution in [2.75, 3.05) is 31.1 Å². The van der Waals surface area contributed by atoms with Gasteiger partial charge in [-0.25, -0.2) is 0 Å². The Morgan fingerprint density at radius 1 is 1.21 bits per heavy atom. The Morgan fingerprint density at radius 2 is 2.04 bits per heavy atom. The molecule has 0 bridgehead atoms. The Balaban J connectivity index is 1.53. The standard InChI is InChI=1S/C21H25N3O4/c1-16-13-18(28-22-16)14-19(25)23-11-12-27-21(15-23)9-5-6-10-24(20(21)26)17-7-3-2-4-8-17/h2-4,7-8,13H,5-6,9-12,14-15H2,1H3. The van der Waals surface area contributed by atoms with E-state index in [4.69, 9.17) is 9.26 Å². The van der Waals surface area contributed by atoms with Crippen LogP contribution in [0.2, 0.25) is 0 Å². The molecule has 2 saturated heterocycles. The molecular formula is C21H25N3O4. The molecule has 1 spiro atoms. The molecule has 0 aliphatic carbocycles. The smallest absolute Gasteiger partial charge is 0.261 e. The molecule has 0 saturated carbocycles. The summed E-state index contributed by atoms with van der Waals surface area (Å²) < 4.78 is 11.2. The number of amides is 2. The Labute approximate surface area is 164 Å². The van der Waals surface area contributed by atoms with Gasteiger partial charge < -0.3 is 19.1 Å². The van der Waals surface area contributed by atoms with E-state index in [9.17, 15) is 9.59 Å². The second-order valence-corrected chi connectivity index (χ2v) is 7.52. The zero-order valence-electron chi connectivity index (χ0n) is 16.1. The van der Waals surface area contributed by atoms with Gasteiger partial charge >= 0.3 is 0 Å². The lowest BCUT2D eigenvalue weighted by Gasteiger charge is -2.42. The molecule has 28 heavy (non-hydrogen) atoms. The summed E-state index contributed by atoms with van der Waals surface area (Å²) in [5, 5.41) is 3.83. The van der Waals surface area contributed by atoms with Gasteiger partial charge in [-0.2, -0.15) is 0 Å². The number of aromatic nitrogens is 1. The molecule has 7 heteroatoms. The van der Waals surface area contributed by atoms with Gasteiger partial charge in [-0.3, -0.25) is 9.59 Å². The highest BCUT2D eigenvalue weighted by atomic mass is 16.5. The monoisotopic (exact) mass is 383 g/mol. The van der Waals surface area contributed by atoms with E-state index in [1.54, 1.807) is 15.9 Å². The Kier molecular flexibility index (Phi) is 5.17. The molecule has 1 aromatic heterocycles. The van der Waals surface area contributed by atoms with Gasteiger partial charge in [-0.1, -0.05) is 23.4 Å². The summed E-state index contributed by atoms with van der Waals surface area (Å²) in [7, 11) is 0. The molecule has 0 N–H and O–H groups in total. The Morgan fingerprint density at radius 3 is 2.79 bits per heavy atom. The number of carbonyl (C=O) groups is 2. The van der Waals surface area contributed by atoms with Crippen LogP contribution in [-0.4, -0.2) is 53.7 Å². The number of morpholine rings is 1. The molecule has 3 heterocycles. The van der Waals surface area contributed by atoms with Crippen molar-refractivity contribution in [1.29, 1.82) is 0 Å². The van der Waals surface area contributed by atoms with Gasteiger partial charge in [0.1, 0.15) is 5.76 Å². The lowest BCUT2D eigenvalue weighted by molar-refractivity contribution is -0.164. The van der Waals surface area contributed by atoms with Gasteiger partial charge in [0.25, 0.3) is 5.91 Å². The summed E-state index contributed by atoms with van der Waals surface area (Å²) >= 11 is 0. The zero-order chi connectivity index (χ0) is 19.6. The minimum atomic E-state index is -0.975. The van der Waals surface area contributed by atoms with Crippen molar-refractivity contribution in [1.82, 2.24) is 10.1 Å². The maximum atomic E-state index is 13.5. The first-order valence-electron chi connectivity index (χ1n) is 9.78. The second kappa shape index (κ2) is 7.75. The van der Waals surface area contributed by atoms with Gasteiger partial charge in [0.05, 0.1) is 25.3 Å². The molecule has 2 amide bonds. The predicted octanol–water partition coefficient (Wildman–Crippen LogP) is 2.34. The van der Waals surface area contributed by atoms with E-state index in [0.717, 1.165) is 24.2 Å². The largest absolute Gasteiger partial charge is 0.361 e. The normalized spacial score (nSPS) is 23.1. The number of carbonyl (C=O) groups excluding carboxylic acids is 2. The maximum Gasteiger partial charge on any atom is 0.261 e. The third-order valence-electron chi connectivity index (χ3n) is 5.46. The molecule has 148 valence electrons. The van der Waals surface area contributed by atoms with Crippen LogP contribution in [0.4, 0.5) is 5.69 Å². The molecular weight excluding hydrogens is 358 g/mol. The fourth-order valence-corrected chi connectivity index (χ4v) is 4.03. The lowest BCUT2D eigenvalue weighted by atomic mass is 9.93. The van der Waals surface area contributed by atoms with Crippen LogP contribution in [-0.2, 0) is 20.7 Å². The SMILES string of the molecule is Cc1cc(CC(=O)N2CCOC3(CCCCN(c4ccccc4)C3=O)C2)on1. The third kappa shape index (κ3) is 3.67. The van der Waals surface area contributed by atoms with Crippen LogP contribution in [0.5, 0.6) is 0 Å². The first kappa shape index (κ1) is 18.7. The van der Waals surface area contributed by atoms with Crippen molar-refractivity contribution in [2.24, 2.45) is 0 Å². The topological polar surface area (TPSA) is 75.9 Å². The average Bonchev–Trinajstić information content (AvgIpc) is 3.06. The molecule has 0 radical (unpaired) electrons. The first-order chi connectivity index (χ1) is 13.6. The van der Waals surface area contributed by atoms with E-state index in [-0.39, 0.29) is 24.8 Å². The van der Waals surface area contributed by atoms with E-state index >= 15 is 0 Å². The average molecular weight is 383 g/mol. The number of rotatable bonds is 3. The zero-order valence-corrected chi connectivity index (χ0v) is 16.1. The van der Waals surface area contributed by atoms with Crippen molar-refractivity contribution < 1.29 is 18.8 Å². The molecule has 1 atom stereocenters. The van der Waals surface area contributed by atoms with Gasteiger partial charge in [-0.05, 0) is 38.3 Å². The number of anilines is 1. The van der Waals surface area contributed by atoms with Crippen LogP contribution in [0.3, 0.4) is 0 Å². The minimum Gasteiger partial charge on any atom is -0.361 e. The third-order valence-corrected chi connectivity index (χ3v) is 5.46. The second-order valence-electron chi connectivity index (χ2n) is 7.52. The van der Waals surface area contributed by atoms with Gasteiger partial charge in [-0.15, -0.1) is 0 Å². The summed E-state index contributed by atoms with van der Waals surface area (Å²) in [4.78, 5) is 29.8. The molecule has 1 unspecified atom stereocenters. The number of benzene rings is 1. The Hall–Kier alpha value is -2.67. The van der Waals surface area contributed by atoms with Crippen LogP contribution >= 0.6 is 0 Å². The van der Waals surface area contributed by atoms with Crippen molar-refractivity contribution in [3.8, 4) is 0 Å². The van der Waals surface area contributed by atoms with Crippen LogP contribution in [0, 0.1) is 6.92 Å². The van der Waals surface area contributed by atoms with Crippen LogP contribution < -0.4 is 4.90 Å². The Bertz CT molecular complexity index is 850. The maximum absolute atomic E-state index is 13.5. The van der Waals surface area contributed by atoms with Crippen LogP contribution in [0.1, 0.15) is 30.7 Å². The molecule has 2 aliphatic rings. The fourth-order valence-electron chi connectivity index (χ4n) is 4.03. The van der Waals surface area contributed by atoms with E-state index in [0.29, 0.717) is 31.9 Å². The fraction of sp³-hybridized carbons (Fsp3) is 0.476. The van der Waals surface area contributed by atoms with E-state index in [2.05, 4.69) is 5.16 Å². The van der Waals surface area contributed by atoms with Gasteiger partial charge in [0.15, 0.2) is 5.60 Å². The number of nitrogens with zero attached hydrogens (tertiary/aromatic N) is 3.